The van der Waals surface area contributed by atoms with Crippen molar-refractivity contribution in [3.8, 4) is 17.1 Å². The van der Waals surface area contributed by atoms with E-state index in [0.29, 0.717) is 17.3 Å². The van der Waals surface area contributed by atoms with Crippen molar-refractivity contribution in [2.45, 2.75) is 11.1 Å². The molecule has 3 aromatic rings. The number of nitrogens with one attached hydrogen (secondary N) is 1. The second kappa shape index (κ2) is 8.76. The Kier molecular flexibility index (Phi) is 6.32. The van der Waals surface area contributed by atoms with Gasteiger partial charge < -0.3 is 4.74 Å². The normalized spacial score (nSPS) is 12.0. The Morgan fingerprint density at radius 2 is 1.70 bits per heavy atom. The molecule has 0 unspecified atom stereocenters. The number of benzene rings is 2. The lowest BCUT2D eigenvalue weighted by Gasteiger charge is -2.10. The van der Waals surface area contributed by atoms with Gasteiger partial charge in [0, 0.05) is 18.2 Å². The SMILES string of the molecule is O=S(=O)(NCCOc1ccc(-c2ccc(F)cc2)nn1)c1cccc(C(F)(F)F)c1. The minimum Gasteiger partial charge on any atom is -0.475 e. The van der Waals surface area contributed by atoms with Gasteiger partial charge >= 0.3 is 6.18 Å². The van der Waals surface area contributed by atoms with Crippen molar-refractivity contribution in [3.63, 3.8) is 0 Å². The molecule has 0 amide bonds. The quantitative estimate of drug-likeness (QED) is 0.447. The summed E-state index contributed by atoms with van der Waals surface area (Å²) < 4.78 is 82.9. The minimum absolute atomic E-state index is 0.122. The van der Waals surface area contributed by atoms with Crippen LogP contribution in [0.15, 0.2) is 65.6 Å². The van der Waals surface area contributed by atoms with Crippen molar-refractivity contribution < 1.29 is 30.7 Å². The van der Waals surface area contributed by atoms with Crippen molar-refractivity contribution >= 4 is 10.0 Å². The molecule has 0 spiro atoms. The van der Waals surface area contributed by atoms with Crippen LogP contribution in [-0.4, -0.2) is 31.8 Å². The molecule has 1 aromatic heterocycles. The van der Waals surface area contributed by atoms with E-state index in [1.54, 1.807) is 18.2 Å². The molecule has 0 fully saturated rings. The van der Waals surface area contributed by atoms with Crippen molar-refractivity contribution in [2.75, 3.05) is 13.2 Å². The molecule has 1 heterocycles. The second-order valence-electron chi connectivity index (χ2n) is 6.04. The number of hydrogen-bond donors (Lipinski definition) is 1. The first-order valence-corrected chi connectivity index (χ1v) is 10.0. The van der Waals surface area contributed by atoms with E-state index in [1.807, 2.05) is 0 Å². The Morgan fingerprint density at radius 1 is 0.967 bits per heavy atom. The Morgan fingerprint density at radius 3 is 2.33 bits per heavy atom. The summed E-state index contributed by atoms with van der Waals surface area (Å²) >= 11 is 0. The zero-order valence-electron chi connectivity index (χ0n) is 15.2. The van der Waals surface area contributed by atoms with Gasteiger partial charge in [0.2, 0.25) is 15.9 Å². The number of sulfonamides is 1. The van der Waals surface area contributed by atoms with Gasteiger partial charge in [-0.05, 0) is 48.5 Å². The molecule has 158 valence electrons. The van der Waals surface area contributed by atoms with E-state index in [1.165, 1.54) is 18.2 Å². The van der Waals surface area contributed by atoms with Crippen LogP contribution in [0, 0.1) is 5.82 Å². The summed E-state index contributed by atoms with van der Waals surface area (Å²) in [4.78, 5) is -0.499. The second-order valence-corrected chi connectivity index (χ2v) is 7.80. The number of nitrogens with zero attached hydrogens (tertiary/aromatic N) is 2. The highest BCUT2D eigenvalue weighted by atomic mass is 32.2. The standard InChI is InChI=1S/C19H15F4N3O3S/c20-15-6-4-13(5-7-15)17-8-9-18(26-25-17)29-11-10-24-30(27,28)16-3-1-2-14(12-16)19(21,22)23/h1-9,12,24H,10-11H2. The van der Waals surface area contributed by atoms with Gasteiger partial charge in [0.15, 0.2) is 0 Å². The molecule has 1 N–H and O–H groups in total. The molecule has 0 saturated heterocycles. The van der Waals surface area contributed by atoms with Crippen molar-refractivity contribution in [1.29, 1.82) is 0 Å². The molecule has 0 bridgehead atoms. The van der Waals surface area contributed by atoms with Gasteiger partial charge in [-0.1, -0.05) is 6.07 Å². The molecule has 0 aliphatic carbocycles. The van der Waals surface area contributed by atoms with Crippen molar-refractivity contribution in [1.82, 2.24) is 14.9 Å². The Bertz CT molecular complexity index is 1100. The smallest absolute Gasteiger partial charge is 0.416 e. The summed E-state index contributed by atoms with van der Waals surface area (Å²) in [5.74, 6) is -0.252. The largest absolute Gasteiger partial charge is 0.475 e. The van der Waals surface area contributed by atoms with E-state index >= 15 is 0 Å². The molecular weight excluding hydrogens is 426 g/mol. The average molecular weight is 441 g/mol. The average Bonchev–Trinajstić information content (AvgIpc) is 2.72. The maximum absolute atomic E-state index is 12.9. The van der Waals surface area contributed by atoms with Gasteiger partial charge in [0.1, 0.15) is 12.4 Å². The first kappa shape index (κ1) is 21.7. The zero-order chi connectivity index (χ0) is 21.8. The van der Waals surface area contributed by atoms with Gasteiger partial charge in [0.25, 0.3) is 0 Å². The molecular formula is C19H15F4N3O3S. The third kappa shape index (κ3) is 5.51. The summed E-state index contributed by atoms with van der Waals surface area (Å²) in [5, 5.41) is 7.78. The van der Waals surface area contributed by atoms with Crippen LogP contribution in [0.2, 0.25) is 0 Å². The molecule has 3 rings (SSSR count). The summed E-state index contributed by atoms with van der Waals surface area (Å²) in [6.45, 7) is -0.317. The topological polar surface area (TPSA) is 81.2 Å². The Hall–Kier alpha value is -3.05. The molecule has 0 atom stereocenters. The van der Waals surface area contributed by atoms with Gasteiger partial charge in [0.05, 0.1) is 16.2 Å². The van der Waals surface area contributed by atoms with E-state index in [-0.39, 0.29) is 24.8 Å². The van der Waals surface area contributed by atoms with E-state index < -0.39 is 26.7 Å². The predicted molar refractivity (Wildman–Crippen MR) is 99.6 cm³/mol. The van der Waals surface area contributed by atoms with E-state index in [2.05, 4.69) is 14.9 Å². The van der Waals surface area contributed by atoms with Crippen LogP contribution >= 0.6 is 0 Å². The highest BCUT2D eigenvalue weighted by Crippen LogP contribution is 2.30. The van der Waals surface area contributed by atoms with Crippen LogP contribution < -0.4 is 9.46 Å². The fraction of sp³-hybridized carbons (Fsp3) is 0.158. The number of alkyl halides is 3. The molecule has 0 aliphatic heterocycles. The molecule has 0 saturated carbocycles. The van der Waals surface area contributed by atoms with Crippen LogP contribution in [0.3, 0.4) is 0 Å². The van der Waals surface area contributed by atoms with Gasteiger partial charge in [-0.25, -0.2) is 17.5 Å². The lowest BCUT2D eigenvalue weighted by Crippen LogP contribution is -2.28. The monoisotopic (exact) mass is 441 g/mol. The Balaban J connectivity index is 1.55. The predicted octanol–water partition coefficient (Wildman–Crippen LogP) is 3.66. The molecule has 2 aromatic carbocycles. The lowest BCUT2D eigenvalue weighted by molar-refractivity contribution is -0.137. The van der Waals surface area contributed by atoms with Crippen molar-refractivity contribution in [2.24, 2.45) is 0 Å². The first-order valence-electron chi connectivity index (χ1n) is 8.54. The van der Waals surface area contributed by atoms with Gasteiger partial charge in [-0.15, -0.1) is 10.2 Å². The number of halogens is 4. The third-order valence-corrected chi connectivity index (χ3v) is 5.35. The Labute approximate surface area is 169 Å². The fourth-order valence-corrected chi connectivity index (χ4v) is 3.48. The van der Waals surface area contributed by atoms with Gasteiger partial charge in [-0.3, -0.25) is 0 Å². The number of aromatic nitrogens is 2. The fourth-order valence-electron chi connectivity index (χ4n) is 2.43. The minimum atomic E-state index is -4.65. The maximum Gasteiger partial charge on any atom is 0.416 e. The molecule has 0 radical (unpaired) electrons. The van der Waals surface area contributed by atoms with E-state index in [0.717, 1.165) is 18.2 Å². The lowest BCUT2D eigenvalue weighted by atomic mass is 10.1. The number of rotatable bonds is 7. The summed E-state index contributed by atoms with van der Waals surface area (Å²) in [6, 6.07) is 12.2. The van der Waals surface area contributed by atoms with Crippen LogP contribution in [0.4, 0.5) is 17.6 Å². The van der Waals surface area contributed by atoms with E-state index in [4.69, 9.17) is 4.74 Å². The summed E-state index contributed by atoms with van der Waals surface area (Å²) in [5.41, 5.74) is 0.0926. The number of ether oxygens (including phenoxy) is 1. The molecule has 11 heteroatoms. The van der Waals surface area contributed by atoms with Crippen molar-refractivity contribution in [3.05, 3.63) is 72.0 Å². The summed E-state index contributed by atoms with van der Waals surface area (Å²) in [6.07, 6.45) is -4.65. The third-order valence-electron chi connectivity index (χ3n) is 3.90. The highest BCUT2D eigenvalue weighted by molar-refractivity contribution is 7.89. The molecule has 6 nitrogen and oxygen atoms in total. The number of hydrogen-bond acceptors (Lipinski definition) is 5. The first-order chi connectivity index (χ1) is 14.1. The van der Waals surface area contributed by atoms with Crippen LogP contribution in [0.25, 0.3) is 11.3 Å². The van der Waals surface area contributed by atoms with Crippen LogP contribution in [0.1, 0.15) is 5.56 Å². The highest BCUT2D eigenvalue weighted by Gasteiger charge is 2.31. The summed E-state index contributed by atoms with van der Waals surface area (Å²) in [7, 11) is -4.14. The molecule has 0 aliphatic rings. The van der Waals surface area contributed by atoms with E-state index in [9.17, 15) is 26.0 Å². The van der Waals surface area contributed by atoms with Gasteiger partial charge in [-0.2, -0.15) is 13.2 Å². The van der Waals surface area contributed by atoms with Crippen LogP contribution in [0.5, 0.6) is 5.88 Å². The maximum atomic E-state index is 12.9. The zero-order valence-corrected chi connectivity index (χ0v) is 16.0. The van der Waals surface area contributed by atoms with Crippen LogP contribution in [-0.2, 0) is 16.2 Å². The molecule has 30 heavy (non-hydrogen) atoms.